The zero-order valence-electron chi connectivity index (χ0n) is 7.56. The SMILES string of the molecule is NCC(O)c1cnn(C2CCC2)c1. The number of hydrogen-bond acceptors (Lipinski definition) is 3. The normalized spacial score (nSPS) is 19.8. The standard InChI is InChI=1S/C9H15N3O/c10-4-9(13)7-5-11-12(6-7)8-2-1-3-8/h5-6,8-9,13H,1-4,10H2. The Kier molecular flexibility index (Phi) is 2.33. The van der Waals surface area contributed by atoms with Gasteiger partial charge in [0.25, 0.3) is 0 Å². The van der Waals surface area contributed by atoms with Crippen molar-refractivity contribution in [3.63, 3.8) is 0 Å². The summed E-state index contributed by atoms with van der Waals surface area (Å²) in [4.78, 5) is 0. The highest BCUT2D eigenvalue weighted by Crippen LogP contribution is 2.31. The van der Waals surface area contributed by atoms with Crippen molar-refractivity contribution in [2.45, 2.75) is 31.4 Å². The highest BCUT2D eigenvalue weighted by Gasteiger charge is 2.20. The molecular weight excluding hydrogens is 166 g/mol. The Morgan fingerprint density at radius 1 is 1.69 bits per heavy atom. The van der Waals surface area contributed by atoms with Gasteiger partial charge in [0, 0.05) is 18.3 Å². The monoisotopic (exact) mass is 181 g/mol. The van der Waals surface area contributed by atoms with Crippen molar-refractivity contribution in [1.82, 2.24) is 9.78 Å². The van der Waals surface area contributed by atoms with Gasteiger partial charge in [-0.1, -0.05) is 0 Å². The van der Waals surface area contributed by atoms with Crippen molar-refractivity contribution < 1.29 is 5.11 Å². The summed E-state index contributed by atoms with van der Waals surface area (Å²) in [7, 11) is 0. The van der Waals surface area contributed by atoms with Crippen molar-refractivity contribution in [1.29, 1.82) is 0 Å². The second-order valence-electron chi connectivity index (χ2n) is 3.59. The Balaban J connectivity index is 2.08. The molecule has 1 aliphatic rings. The summed E-state index contributed by atoms with van der Waals surface area (Å²) in [5, 5.41) is 13.6. The molecule has 3 N–H and O–H groups in total. The molecule has 0 bridgehead atoms. The summed E-state index contributed by atoms with van der Waals surface area (Å²) in [6.07, 6.45) is 6.75. The predicted octanol–water partition coefficient (Wildman–Crippen LogP) is 0.600. The Labute approximate surface area is 77.4 Å². The van der Waals surface area contributed by atoms with Gasteiger partial charge in [0.05, 0.1) is 18.3 Å². The Morgan fingerprint density at radius 2 is 2.46 bits per heavy atom. The lowest BCUT2D eigenvalue weighted by atomic mass is 9.93. The smallest absolute Gasteiger partial charge is 0.0942 e. The van der Waals surface area contributed by atoms with Gasteiger partial charge in [-0.15, -0.1) is 0 Å². The van der Waals surface area contributed by atoms with Crippen molar-refractivity contribution in [2.75, 3.05) is 6.54 Å². The van der Waals surface area contributed by atoms with Crippen molar-refractivity contribution in [3.8, 4) is 0 Å². The third-order valence-electron chi connectivity index (χ3n) is 2.68. The molecule has 1 atom stereocenters. The Morgan fingerprint density at radius 3 is 3.00 bits per heavy atom. The van der Waals surface area contributed by atoms with Crippen LogP contribution in [0.4, 0.5) is 0 Å². The molecule has 1 aromatic heterocycles. The first kappa shape index (κ1) is 8.72. The van der Waals surface area contributed by atoms with Gasteiger partial charge in [-0.05, 0) is 19.3 Å². The quantitative estimate of drug-likeness (QED) is 0.717. The number of nitrogens with two attached hydrogens (primary N) is 1. The van der Waals surface area contributed by atoms with Crippen LogP contribution in [0.1, 0.15) is 37.0 Å². The molecule has 0 aromatic carbocycles. The van der Waals surface area contributed by atoms with Crippen LogP contribution in [0.5, 0.6) is 0 Å². The molecule has 1 aromatic rings. The average Bonchev–Trinajstić information content (AvgIpc) is 2.49. The molecule has 1 heterocycles. The van der Waals surface area contributed by atoms with Crippen LogP contribution in [-0.4, -0.2) is 21.4 Å². The molecule has 1 aliphatic carbocycles. The number of aliphatic hydroxyl groups is 1. The summed E-state index contributed by atoms with van der Waals surface area (Å²) < 4.78 is 1.94. The third-order valence-corrected chi connectivity index (χ3v) is 2.68. The highest BCUT2D eigenvalue weighted by molar-refractivity contribution is 5.09. The molecule has 4 heteroatoms. The van der Waals surface area contributed by atoms with Crippen LogP contribution in [0.15, 0.2) is 12.4 Å². The van der Waals surface area contributed by atoms with Crippen molar-refractivity contribution >= 4 is 0 Å². The number of aromatic nitrogens is 2. The number of aliphatic hydroxyl groups excluding tert-OH is 1. The summed E-state index contributed by atoms with van der Waals surface area (Å²) in [5.74, 6) is 0. The number of nitrogens with zero attached hydrogens (tertiary/aromatic N) is 2. The van der Waals surface area contributed by atoms with Gasteiger partial charge in [-0.2, -0.15) is 5.10 Å². The van der Waals surface area contributed by atoms with Crippen LogP contribution in [-0.2, 0) is 0 Å². The zero-order chi connectivity index (χ0) is 9.26. The van der Waals surface area contributed by atoms with E-state index >= 15 is 0 Å². The summed E-state index contributed by atoms with van der Waals surface area (Å²) in [6.45, 7) is 0.260. The molecule has 1 fully saturated rings. The third kappa shape index (κ3) is 1.59. The molecule has 72 valence electrons. The molecule has 1 saturated carbocycles. The second kappa shape index (κ2) is 3.47. The molecule has 0 aliphatic heterocycles. The molecule has 0 spiro atoms. The van der Waals surface area contributed by atoms with E-state index in [9.17, 15) is 5.11 Å². The fourth-order valence-electron chi connectivity index (χ4n) is 1.51. The molecule has 1 unspecified atom stereocenters. The average molecular weight is 181 g/mol. The van der Waals surface area contributed by atoms with E-state index in [-0.39, 0.29) is 6.54 Å². The van der Waals surface area contributed by atoms with E-state index in [1.54, 1.807) is 6.20 Å². The lowest BCUT2D eigenvalue weighted by Crippen LogP contribution is -2.17. The summed E-state index contributed by atoms with van der Waals surface area (Å²) in [5.41, 5.74) is 6.18. The van der Waals surface area contributed by atoms with Crippen LogP contribution in [0, 0.1) is 0 Å². The fraction of sp³-hybridized carbons (Fsp3) is 0.667. The largest absolute Gasteiger partial charge is 0.387 e. The van der Waals surface area contributed by atoms with Crippen LogP contribution in [0.3, 0.4) is 0 Å². The molecule has 0 saturated heterocycles. The number of rotatable bonds is 3. The predicted molar refractivity (Wildman–Crippen MR) is 49.1 cm³/mol. The first-order valence-corrected chi connectivity index (χ1v) is 4.73. The van der Waals surface area contributed by atoms with E-state index in [0.717, 1.165) is 5.56 Å². The van der Waals surface area contributed by atoms with Crippen LogP contribution in [0.2, 0.25) is 0 Å². The van der Waals surface area contributed by atoms with Crippen LogP contribution >= 0.6 is 0 Å². The summed E-state index contributed by atoms with van der Waals surface area (Å²) in [6, 6.07) is 0.554. The zero-order valence-corrected chi connectivity index (χ0v) is 7.56. The first-order chi connectivity index (χ1) is 6.31. The van der Waals surface area contributed by atoms with Gasteiger partial charge in [-0.3, -0.25) is 4.68 Å². The first-order valence-electron chi connectivity index (χ1n) is 4.73. The molecule has 4 nitrogen and oxygen atoms in total. The van der Waals surface area contributed by atoms with Gasteiger partial charge in [0.2, 0.25) is 0 Å². The molecule has 2 rings (SSSR count). The fourth-order valence-corrected chi connectivity index (χ4v) is 1.51. The van der Waals surface area contributed by atoms with E-state index < -0.39 is 6.10 Å². The van der Waals surface area contributed by atoms with E-state index in [1.807, 2.05) is 10.9 Å². The Hall–Kier alpha value is -0.870. The van der Waals surface area contributed by atoms with E-state index in [1.165, 1.54) is 19.3 Å². The van der Waals surface area contributed by atoms with Gasteiger partial charge in [0.1, 0.15) is 0 Å². The maximum absolute atomic E-state index is 9.44. The van der Waals surface area contributed by atoms with Crippen molar-refractivity contribution in [3.05, 3.63) is 18.0 Å². The topological polar surface area (TPSA) is 64.1 Å². The van der Waals surface area contributed by atoms with Gasteiger partial charge in [0.15, 0.2) is 0 Å². The molecular formula is C9H15N3O. The maximum Gasteiger partial charge on any atom is 0.0942 e. The van der Waals surface area contributed by atoms with Gasteiger partial charge < -0.3 is 10.8 Å². The minimum absolute atomic E-state index is 0.260. The van der Waals surface area contributed by atoms with Gasteiger partial charge >= 0.3 is 0 Å². The maximum atomic E-state index is 9.44. The van der Waals surface area contributed by atoms with Crippen LogP contribution in [0.25, 0.3) is 0 Å². The van der Waals surface area contributed by atoms with Crippen molar-refractivity contribution in [2.24, 2.45) is 5.73 Å². The number of hydrogen-bond donors (Lipinski definition) is 2. The molecule has 13 heavy (non-hydrogen) atoms. The molecule has 0 amide bonds. The van der Waals surface area contributed by atoms with E-state index in [2.05, 4.69) is 5.10 Å². The minimum Gasteiger partial charge on any atom is -0.387 e. The highest BCUT2D eigenvalue weighted by atomic mass is 16.3. The van der Waals surface area contributed by atoms with Crippen LogP contribution < -0.4 is 5.73 Å². The summed E-state index contributed by atoms with van der Waals surface area (Å²) >= 11 is 0. The Bertz CT molecular complexity index is 261. The lowest BCUT2D eigenvalue weighted by molar-refractivity contribution is 0.186. The second-order valence-corrected chi connectivity index (χ2v) is 3.59. The minimum atomic E-state index is -0.561. The van der Waals surface area contributed by atoms with E-state index in [4.69, 9.17) is 5.73 Å². The van der Waals surface area contributed by atoms with Gasteiger partial charge in [-0.25, -0.2) is 0 Å². The molecule has 0 radical (unpaired) electrons. The lowest BCUT2D eigenvalue weighted by Gasteiger charge is -2.25. The van der Waals surface area contributed by atoms with E-state index in [0.29, 0.717) is 6.04 Å².